The first-order valence-corrected chi connectivity index (χ1v) is 6.60. The molecule has 0 aliphatic heterocycles. The van der Waals surface area contributed by atoms with Crippen LogP contribution in [0.3, 0.4) is 0 Å². The van der Waals surface area contributed by atoms with Crippen LogP contribution in [0, 0.1) is 0 Å². The maximum absolute atomic E-state index is 5.90. The zero-order chi connectivity index (χ0) is 15.0. The molecular formula is C14H16N6O. The Labute approximate surface area is 121 Å². The third kappa shape index (κ3) is 2.16. The summed E-state index contributed by atoms with van der Waals surface area (Å²) >= 11 is 0. The Morgan fingerprint density at radius 1 is 1.19 bits per heavy atom. The number of aromatic nitrogens is 5. The van der Waals surface area contributed by atoms with Crippen LogP contribution in [0.15, 0.2) is 24.7 Å². The summed E-state index contributed by atoms with van der Waals surface area (Å²) in [6, 6.07) is 3.89. The molecule has 3 aromatic heterocycles. The molecule has 3 heterocycles. The Kier molecular flexibility index (Phi) is 3.17. The van der Waals surface area contributed by atoms with Crippen molar-refractivity contribution in [3.8, 4) is 17.3 Å². The highest BCUT2D eigenvalue weighted by Gasteiger charge is 2.18. The molecule has 0 amide bonds. The minimum Gasteiger partial charge on any atom is -0.481 e. The summed E-state index contributed by atoms with van der Waals surface area (Å²) in [5.41, 5.74) is 8.11. The lowest BCUT2D eigenvalue weighted by Crippen LogP contribution is -2.04. The summed E-state index contributed by atoms with van der Waals surface area (Å²) in [4.78, 5) is 17.1. The van der Waals surface area contributed by atoms with Crippen molar-refractivity contribution in [2.75, 3.05) is 12.8 Å². The average molecular weight is 284 g/mol. The smallest absolute Gasteiger partial charge is 0.212 e. The van der Waals surface area contributed by atoms with Gasteiger partial charge in [-0.3, -0.25) is 0 Å². The van der Waals surface area contributed by atoms with Gasteiger partial charge in [-0.25, -0.2) is 19.9 Å². The Morgan fingerprint density at radius 2 is 2.00 bits per heavy atom. The molecule has 0 spiro atoms. The number of hydrogen-bond donors (Lipinski definition) is 1. The number of methoxy groups -OCH3 is 1. The molecule has 108 valence electrons. The predicted octanol–water partition coefficient (Wildman–Crippen LogP) is 2.06. The topological polar surface area (TPSA) is 91.7 Å². The summed E-state index contributed by atoms with van der Waals surface area (Å²) in [6.45, 7) is 4.14. The van der Waals surface area contributed by atoms with Gasteiger partial charge in [0.2, 0.25) is 5.88 Å². The standard InChI is InChI=1S/C14H16N6O/c1-8(2)20-13(9-4-5-10(21-3)16-6-9)19-11-12(15)17-7-18-14(11)20/h4-8H,1-3H3,(H2,15,17,18). The molecule has 0 atom stereocenters. The van der Waals surface area contributed by atoms with Gasteiger partial charge in [0, 0.05) is 23.9 Å². The summed E-state index contributed by atoms with van der Waals surface area (Å²) in [5, 5.41) is 0. The van der Waals surface area contributed by atoms with Crippen LogP contribution in [0.25, 0.3) is 22.6 Å². The molecule has 3 rings (SSSR count). The van der Waals surface area contributed by atoms with E-state index in [1.54, 1.807) is 19.4 Å². The third-order valence-electron chi connectivity index (χ3n) is 3.23. The molecule has 0 saturated heterocycles. The summed E-state index contributed by atoms with van der Waals surface area (Å²) < 4.78 is 7.10. The number of ether oxygens (including phenoxy) is 1. The van der Waals surface area contributed by atoms with Gasteiger partial charge in [-0.1, -0.05) is 0 Å². The maximum Gasteiger partial charge on any atom is 0.212 e. The molecule has 0 bridgehead atoms. The quantitative estimate of drug-likeness (QED) is 0.791. The van der Waals surface area contributed by atoms with Gasteiger partial charge in [0.1, 0.15) is 12.2 Å². The van der Waals surface area contributed by atoms with Crippen LogP contribution in [0.2, 0.25) is 0 Å². The number of rotatable bonds is 3. The molecule has 7 heteroatoms. The molecule has 0 radical (unpaired) electrons. The van der Waals surface area contributed by atoms with E-state index in [2.05, 4.69) is 33.8 Å². The van der Waals surface area contributed by atoms with Gasteiger partial charge in [-0.15, -0.1) is 0 Å². The van der Waals surface area contributed by atoms with E-state index in [4.69, 9.17) is 10.5 Å². The fourth-order valence-corrected chi connectivity index (χ4v) is 2.25. The van der Waals surface area contributed by atoms with E-state index in [-0.39, 0.29) is 6.04 Å². The zero-order valence-corrected chi connectivity index (χ0v) is 12.1. The highest BCUT2D eigenvalue weighted by Crippen LogP contribution is 2.29. The molecule has 7 nitrogen and oxygen atoms in total. The van der Waals surface area contributed by atoms with Crippen molar-refractivity contribution < 1.29 is 4.74 Å². The maximum atomic E-state index is 5.90. The largest absolute Gasteiger partial charge is 0.481 e. The molecule has 21 heavy (non-hydrogen) atoms. The number of anilines is 1. The van der Waals surface area contributed by atoms with Crippen molar-refractivity contribution in [2.45, 2.75) is 19.9 Å². The molecular weight excluding hydrogens is 268 g/mol. The minimum atomic E-state index is 0.182. The van der Waals surface area contributed by atoms with Crippen molar-refractivity contribution in [3.63, 3.8) is 0 Å². The first-order chi connectivity index (χ1) is 10.1. The van der Waals surface area contributed by atoms with Gasteiger partial charge in [-0.05, 0) is 19.9 Å². The number of hydrogen-bond acceptors (Lipinski definition) is 6. The second-order valence-electron chi connectivity index (χ2n) is 4.92. The van der Waals surface area contributed by atoms with Crippen molar-refractivity contribution >= 4 is 17.0 Å². The summed E-state index contributed by atoms with van der Waals surface area (Å²) in [7, 11) is 1.58. The third-order valence-corrected chi connectivity index (χ3v) is 3.23. The van der Waals surface area contributed by atoms with E-state index in [0.29, 0.717) is 17.2 Å². The highest BCUT2D eigenvalue weighted by atomic mass is 16.5. The van der Waals surface area contributed by atoms with E-state index in [1.807, 2.05) is 10.6 Å². The van der Waals surface area contributed by atoms with E-state index < -0.39 is 0 Å². The van der Waals surface area contributed by atoms with Gasteiger partial charge in [0.15, 0.2) is 17.0 Å². The molecule has 0 aliphatic rings. The van der Waals surface area contributed by atoms with Gasteiger partial charge >= 0.3 is 0 Å². The molecule has 3 aromatic rings. The Bertz CT molecular complexity index is 778. The van der Waals surface area contributed by atoms with Crippen LogP contribution in [0.5, 0.6) is 5.88 Å². The first kappa shape index (κ1) is 13.3. The number of imidazole rings is 1. The molecule has 0 aromatic carbocycles. The van der Waals surface area contributed by atoms with Crippen molar-refractivity contribution in [3.05, 3.63) is 24.7 Å². The molecule has 2 N–H and O–H groups in total. The lowest BCUT2D eigenvalue weighted by Gasteiger charge is -2.12. The van der Waals surface area contributed by atoms with E-state index in [9.17, 15) is 0 Å². The molecule has 0 saturated carbocycles. The van der Waals surface area contributed by atoms with Crippen LogP contribution in [-0.4, -0.2) is 31.6 Å². The number of pyridine rings is 1. The van der Waals surface area contributed by atoms with Crippen molar-refractivity contribution in [1.82, 2.24) is 24.5 Å². The van der Waals surface area contributed by atoms with Crippen molar-refractivity contribution in [2.24, 2.45) is 0 Å². The Balaban J connectivity index is 2.25. The van der Waals surface area contributed by atoms with E-state index in [1.165, 1.54) is 6.33 Å². The highest BCUT2D eigenvalue weighted by molar-refractivity contribution is 5.85. The number of nitrogens with zero attached hydrogens (tertiary/aromatic N) is 5. The van der Waals surface area contributed by atoms with Crippen LogP contribution in [0.1, 0.15) is 19.9 Å². The zero-order valence-electron chi connectivity index (χ0n) is 12.1. The van der Waals surface area contributed by atoms with Crippen LogP contribution >= 0.6 is 0 Å². The number of fused-ring (bicyclic) bond motifs is 1. The van der Waals surface area contributed by atoms with Gasteiger partial charge in [-0.2, -0.15) is 0 Å². The summed E-state index contributed by atoms with van der Waals surface area (Å²) in [6.07, 6.45) is 3.18. The van der Waals surface area contributed by atoms with E-state index >= 15 is 0 Å². The van der Waals surface area contributed by atoms with Gasteiger partial charge in [0.25, 0.3) is 0 Å². The molecule has 0 fully saturated rings. The second-order valence-corrected chi connectivity index (χ2v) is 4.92. The number of nitrogen functional groups attached to an aromatic ring is 1. The lowest BCUT2D eigenvalue weighted by atomic mass is 10.2. The van der Waals surface area contributed by atoms with Gasteiger partial charge < -0.3 is 15.0 Å². The predicted molar refractivity (Wildman–Crippen MR) is 79.9 cm³/mol. The fraction of sp³-hybridized carbons (Fsp3) is 0.286. The average Bonchev–Trinajstić information content (AvgIpc) is 2.88. The molecule has 0 aliphatic carbocycles. The normalized spacial score (nSPS) is 11.2. The molecule has 0 unspecified atom stereocenters. The Morgan fingerprint density at radius 3 is 2.62 bits per heavy atom. The SMILES string of the molecule is COc1ccc(-c2nc3c(N)ncnc3n2C(C)C)cn1. The van der Waals surface area contributed by atoms with Crippen LogP contribution in [-0.2, 0) is 0 Å². The lowest BCUT2D eigenvalue weighted by molar-refractivity contribution is 0.398. The van der Waals surface area contributed by atoms with Gasteiger partial charge in [0.05, 0.1) is 7.11 Å². The Hall–Kier alpha value is -2.70. The summed E-state index contributed by atoms with van der Waals surface area (Å²) in [5.74, 6) is 1.70. The fourth-order valence-electron chi connectivity index (χ4n) is 2.25. The second kappa shape index (κ2) is 5.01. The first-order valence-electron chi connectivity index (χ1n) is 6.60. The minimum absolute atomic E-state index is 0.182. The van der Waals surface area contributed by atoms with E-state index in [0.717, 1.165) is 17.0 Å². The monoisotopic (exact) mass is 284 g/mol. The number of nitrogens with two attached hydrogens (primary N) is 1. The van der Waals surface area contributed by atoms with Crippen LogP contribution in [0.4, 0.5) is 5.82 Å². The van der Waals surface area contributed by atoms with Crippen molar-refractivity contribution in [1.29, 1.82) is 0 Å². The van der Waals surface area contributed by atoms with Crippen LogP contribution < -0.4 is 10.5 Å².